The number of pyridine rings is 1. The number of ether oxygens (including phenoxy) is 1. The predicted octanol–water partition coefficient (Wildman–Crippen LogP) is 2.77. The van der Waals surface area contributed by atoms with E-state index >= 15 is 0 Å². The molecule has 0 fully saturated rings. The number of hydrogen-bond donors (Lipinski definition) is 2. The normalized spacial score (nSPS) is 15.6. The topological polar surface area (TPSA) is 100 Å². The van der Waals surface area contributed by atoms with Crippen LogP contribution in [0.3, 0.4) is 0 Å². The van der Waals surface area contributed by atoms with E-state index in [2.05, 4.69) is 20.3 Å². The van der Waals surface area contributed by atoms with Crippen molar-refractivity contribution in [2.24, 2.45) is 0 Å². The summed E-state index contributed by atoms with van der Waals surface area (Å²) in [5, 5.41) is 2.85. The maximum atomic E-state index is 13.2. The molecule has 0 spiro atoms. The Labute approximate surface area is 161 Å². The monoisotopic (exact) mass is 377 g/mol. The third kappa shape index (κ3) is 3.20. The molecular weight excluding hydrogens is 358 g/mol. The largest absolute Gasteiger partial charge is 0.465 e. The molecule has 2 N–H and O–H groups in total. The molecule has 3 aromatic rings. The van der Waals surface area contributed by atoms with Crippen molar-refractivity contribution in [3.05, 3.63) is 77.6 Å². The van der Waals surface area contributed by atoms with Crippen molar-refractivity contribution in [1.29, 1.82) is 0 Å². The second kappa shape index (κ2) is 7.51. The Morgan fingerprint density at radius 1 is 1.25 bits per heavy atom. The van der Waals surface area contributed by atoms with Crippen LogP contribution in [0.2, 0.25) is 0 Å². The van der Waals surface area contributed by atoms with E-state index in [0.29, 0.717) is 24.2 Å². The van der Waals surface area contributed by atoms with Gasteiger partial charge in [-0.2, -0.15) is 0 Å². The molecule has 2 amide bonds. The average molecular weight is 377 g/mol. The van der Waals surface area contributed by atoms with Crippen molar-refractivity contribution in [2.45, 2.75) is 12.5 Å². The lowest BCUT2D eigenvalue weighted by atomic mass is 9.97. The number of hydrogen-bond acceptors (Lipinski definition) is 5. The number of H-pyrrole nitrogens is 1. The van der Waals surface area contributed by atoms with E-state index in [1.165, 1.54) is 7.11 Å². The van der Waals surface area contributed by atoms with E-state index in [1.54, 1.807) is 47.9 Å². The Balaban J connectivity index is 1.67. The number of fused-ring (bicyclic) bond motifs is 1. The molecule has 8 nitrogen and oxygen atoms in total. The molecule has 1 aromatic carbocycles. The summed E-state index contributed by atoms with van der Waals surface area (Å²) in [4.78, 5) is 38.6. The number of urea groups is 1. The molecule has 2 aromatic heterocycles. The second-order valence-corrected chi connectivity index (χ2v) is 6.37. The van der Waals surface area contributed by atoms with Crippen LogP contribution in [0.15, 0.2) is 55.1 Å². The van der Waals surface area contributed by atoms with Gasteiger partial charge in [0.25, 0.3) is 0 Å². The minimum absolute atomic E-state index is 0.300. The van der Waals surface area contributed by atoms with Crippen LogP contribution < -0.4 is 5.32 Å². The van der Waals surface area contributed by atoms with Gasteiger partial charge in [-0.3, -0.25) is 4.98 Å². The van der Waals surface area contributed by atoms with Gasteiger partial charge in [0.1, 0.15) is 6.04 Å². The van der Waals surface area contributed by atoms with Gasteiger partial charge in [-0.1, -0.05) is 18.2 Å². The van der Waals surface area contributed by atoms with Crippen LogP contribution in [0, 0.1) is 0 Å². The van der Waals surface area contributed by atoms with E-state index in [-0.39, 0.29) is 12.1 Å². The van der Waals surface area contributed by atoms with Gasteiger partial charge < -0.3 is 19.9 Å². The van der Waals surface area contributed by atoms with E-state index in [9.17, 15) is 9.59 Å². The number of methoxy groups -OCH3 is 1. The first-order valence-corrected chi connectivity index (χ1v) is 8.86. The predicted molar refractivity (Wildman–Crippen MR) is 102 cm³/mol. The number of para-hydroxylation sites is 1. The van der Waals surface area contributed by atoms with Crippen molar-refractivity contribution in [1.82, 2.24) is 19.9 Å². The summed E-state index contributed by atoms with van der Waals surface area (Å²) in [5.74, 6) is -0.507. The number of nitrogens with zero attached hydrogens (tertiary/aromatic N) is 3. The third-order valence-corrected chi connectivity index (χ3v) is 4.76. The minimum atomic E-state index is -0.507. The Bertz CT molecular complexity index is 1000. The molecule has 28 heavy (non-hydrogen) atoms. The van der Waals surface area contributed by atoms with Gasteiger partial charge in [0, 0.05) is 31.1 Å². The fourth-order valence-electron chi connectivity index (χ4n) is 3.44. The van der Waals surface area contributed by atoms with Crippen LogP contribution in [-0.4, -0.2) is 45.5 Å². The van der Waals surface area contributed by atoms with Gasteiger partial charge in [0.15, 0.2) is 0 Å². The van der Waals surface area contributed by atoms with Gasteiger partial charge in [-0.25, -0.2) is 14.6 Å². The maximum Gasteiger partial charge on any atom is 0.339 e. The highest BCUT2D eigenvalue weighted by Crippen LogP contribution is 2.33. The van der Waals surface area contributed by atoms with Gasteiger partial charge in [-0.15, -0.1) is 0 Å². The lowest BCUT2D eigenvalue weighted by molar-refractivity contribution is 0.0602. The molecule has 1 atom stereocenters. The summed E-state index contributed by atoms with van der Waals surface area (Å²) >= 11 is 0. The molecular formula is C20H19N5O3. The van der Waals surface area contributed by atoms with Crippen LogP contribution in [-0.2, 0) is 11.2 Å². The Morgan fingerprint density at radius 2 is 2.11 bits per heavy atom. The van der Waals surface area contributed by atoms with Crippen LogP contribution >= 0.6 is 0 Å². The second-order valence-electron chi connectivity index (χ2n) is 6.37. The molecule has 0 saturated carbocycles. The number of esters is 1. The molecule has 142 valence electrons. The van der Waals surface area contributed by atoms with Crippen molar-refractivity contribution in [3.8, 4) is 0 Å². The zero-order valence-electron chi connectivity index (χ0n) is 15.3. The van der Waals surface area contributed by atoms with E-state index in [4.69, 9.17) is 4.74 Å². The summed E-state index contributed by atoms with van der Waals surface area (Å²) < 4.78 is 4.80. The molecule has 0 bridgehead atoms. The number of rotatable bonds is 3. The lowest BCUT2D eigenvalue weighted by Crippen LogP contribution is -2.43. The quantitative estimate of drug-likeness (QED) is 0.684. The van der Waals surface area contributed by atoms with Gasteiger partial charge in [0.05, 0.1) is 30.4 Å². The van der Waals surface area contributed by atoms with Crippen LogP contribution in [0.1, 0.15) is 33.4 Å². The number of amides is 2. The Kier molecular flexibility index (Phi) is 4.76. The summed E-state index contributed by atoms with van der Waals surface area (Å²) in [6.07, 6.45) is 5.73. The summed E-state index contributed by atoms with van der Waals surface area (Å²) in [5.41, 5.74) is 3.38. The molecule has 4 rings (SSSR count). The standard InChI is InChI=1S/C20H19N5O3/c1-28-19(26)14-6-2-3-7-15(14)24-20(27)25-10-8-16-17(23-12-22-16)18(25)13-5-4-9-21-11-13/h2-7,9,11-12,18H,8,10H2,1H3,(H,22,23)(H,24,27)/t18-/m0/s1. The zero-order chi connectivity index (χ0) is 19.5. The van der Waals surface area contributed by atoms with Crippen molar-refractivity contribution >= 4 is 17.7 Å². The maximum absolute atomic E-state index is 13.2. The molecule has 8 heteroatoms. The smallest absolute Gasteiger partial charge is 0.339 e. The highest BCUT2D eigenvalue weighted by atomic mass is 16.5. The first kappa shape index (κ1) is 17.7. The lowest BCUT2D eigenvalue weighted by Gasteiger charge is -2.35. The number of imidazole rings is 1. The van der Waals surface area contributed by atoms with Crippen molar-refractivity contribution in [2.75, 3.05) is 19.0 Å². The number of carbonyl (C=O) groups excluding carboxylic acids is 2. The number of aromatic nitrogens is 3. The zero-order valence-corrected chi connectivity index (χ0v) is 15.3. The first-order chi connectivity index (χ1) is 13.7. The average Bonchev–Trinajstić information content (AvgIpc) is 3.22. The summed E-state index contributed by atoms with van der Waals surface area (Å²) in [6.45, 7) is 0.501. The number of benzene rings is 1. The van der Waals surface area contributed by atoms with Gasteiger partial charge in [-0.05, 0) is 23.8 Å². The van der Waals surface area contributed by atoms with Gasteiger partial charge >= 0.3 is 12.0 Å². The number of aromatic amines is 1. The summed E-state index contributed by atoms with van der Waals surface area (Å²) in [6, 6.07) is 9.82. The van der Waals surface area contributed by atoms with Crippen molar-refractivity contribution < 1.29 is 14.3 Å². The third-order valence-electron chi connectivity index (χ3n) is 4.76. The molecule has 1 aliphatic rings. The Hall–Kier alpha value is -3.68. The van der Waals surface area contributed by atoms with E-state index in [0.717, 1.165) is 17.0 Å². The first-order valence-electron chi connectivity index (χ1n) is 8.86. The number of nitrogens with one attached hydrogen (secondary N) is 2. The molecule has 1 aliphatic heterocycles. The minimum Gasteiger partial charge on any atom is -0.465 e. The summed E-state index contributed by atoms with van der Waals surface area (Å²) in [7, 11) is 1.31. The van der Waals surface area contributed by atoms with Crippen molar-refractivity contribution in [3.63, 3.8) is 0 Å². The van der Waals surface area contributed by atoms with Crippen LogP contribution in [0.25, 0.3) is 0 Å². The molecule has 0 saturated heterocycles. The fourth-order valence-corrected chi connectivity index (χ4v) is 3.44. The number of carbonyl (C=O) groups is 2. The highest BCUT2D eigenvalue weighted by molar-refractivity contribution is 6.01. The molecule has 3 heterocycles. The van der Waals surface area contributed by atoms with E-state index < -0.39 is 5.97 Å². The number of anilines is 1. The highest BCUT2D eigenvalue weighted by Gasteiger charge is 2.34. The van der Waals surface area contributed by atoms with Gasteiger partial charge in [0.2, 0.25) is 0 Å². The van der Waals surface area contributed by atoms with Crippen LogP contribution in [0.4, 0.5) is 10.5 Å². The SMILES string of the molecule is COC(=O)c1ccccc1NC(=O)N1CCc2[nH]cnc2[C@@H]1c1cccnc1. The molecule has 0 aliphatic carbocycles. The molecule has 0 unspecified atom stereocenters. The molecule has 0 radical (unpaired) electrons. The Morgan fingerprint density at radius 3 is 2.89 bits per heavy atom. The van der Waals surface area contributed by atoms with Crippen LogP contribution in [0.5, 0.6) is 0 Å². The van der Waals surface area contributed by atoms with E-state index in [1.807, 2.05) is 12.1 Å². The fraction of sp³-hybridized carbons (Fsp3) is 0.200.